The quantitative estimate of drug-likeness (QED) is 0.851. The average molecular weight is 380 g/mol. The number of benzene rings is 1. The van der Waals surface area contributed by atoms with Gasteiger partial charge in [0.05, 0.1) is 22.7 Å². The summed E-state index contributed by atoms with van der Waals surface area (Å²) in [7, 11) is -3.45. The van der Waals surface area contributed by atoms with Crippen LogP contribution in [-0.4, -0.2) is 25.6 Å². The smallest absolute Gasteiger partial charge is 0.267 e. The molecule has 1 aromatic heterocycles. The Bertz CT molecular complexity index is 834. The van der Waals surface area contributed by atoms with Crippen molar-refractivity contribution in [2.45, 2.75) is 6.92 Å². The molecule has 1 aromatic carbocycles. The second-order valence-electron chi connectivity index (χ2n) is 4.39. The van der Waals surface area contributed by atoms with E-state index in [4.69, 9.17) is 23.2 Å². The summed E-state index contributed by atoms with van der Waals surface area (Å²) in [6, 6.07) is 4.68. The van der Waals surface area contributed by atoms with Gasteiger partial charge in [0.15, 0.2) is 5.13 Å². The van der Waals surface area contributed by atoms with Gasteiger partial charge in [-0.1, -0.05) is 34.5 Å². The highest BCUT2D eigenvalue weighted by Crippen LogP contribution is 2.28. The van der Waals surface area contributed by atoms with Crippen LogP contribution in [0.4, 0.5) is 10.8 Å². The molecule has 0 aliphatic heterocycles. The summed E-state index contributed by atoms with van der Waals surface area (Å²) < 4.78 is 24.6. The van der Waals surface area contributed by atoms with E-state index in [1.54, 1.807) is 19.1 Å². The lowest BCUT2D eigenvalue weighted by atomic mass is 10.3. The number of anilines is 2. The van der Waals surface area contributed by atoms with Crippen molar-refractivity contribution in [3.05, 3.63) is 38.8 Å². The third-order valence-electron chi connectivity index (χ3n) is 2.45. The fourth-order valence-corrected chi connectivity index (χ4v) is 3.73. The molecule has 2 N–H and O–H groups in total. The molecule has 1 amide bonds. The first-order chi connectivity index (χ1) is 10.2. The van der Waals surface area contributed by atoms with E-state index in [2.05, 4.69) is 15.0 Å². The van der Waals surface area contributed by atoms with Crippen molar-refractivity contribution in [2.24, 2.45) is 0 Å². The van der Waals surface area contributed by atoms with Crippen LogP contribution in [-0.2, 0) is 10.0 Å². The van der Waals surface area contributed by atoms with Crippen LogP contribution in [0.3, 0.4) is 0 Å². The number of halogens is 2. The van der Waals surface area contributed by atoms with Crippen molar-refractivity contribution in [3.63, 3.8) is 0 Å². The number of amides is 1. The molecular formula is C12H11Cl2N3O3S2. The Morgan fingerprint density at radius 2 is 2.00 bits per heavy atom. The third-order valence-corrected chi connectivity index (χ3v) is 4.77. The van der Waals surface area contributed by atoms with Gasteiger partial charge in [-0.25, -0.2) is 13.4 Å². The molecule has 0 fully saturated rings. The molecule has 0 saturated heterocycles. The molecule has 0 atom stereocenters. The second-order valence-corrected chi connectivity index (χ2v) is 7.98. The van der Waals surface area contributed by atoms with Crippen LogP contribution in [0, 0.1) is 6.92 Å². The number of nitrogens with one attached hydrogen (secondary N) is 2. The minimum Gasteiger partial charge on any atom is -0.320 e. The molecule has 118 valence electrons. The van der Waals surface area contributed by atoms with Gasteiger partial charge in [-0.2, -0.15) is 0 Å². The van der Waals surface area contributed by atoms with E-state index >= 15 is 0 Å². The van der Waals surface area contributed by atoms with Gasteiger partial charge in [0.1, 0.15) is 4.88 Å². The van der Waals surface area contributed by atoms with Crippen LogP contribution in [0.25, 0.3) is 0 Å². The minimum absolute atomic E-state index is 0.132. The van der Waals surface area contributed by atoms with E-state index in [-0.39, 0.29) is 10.0 Å². The van der Waals surface area contributed by atoms with Crippen LogP contribution in [0.15, 0.2) is 18.2 Å². The Balaban J connectivity index is 2.23. The molecular weight excluding hydrogens is 369 g/mol. The maximum absolute atomic E-state index is 12.2. The van der Waals surface area contributed by atoms with Gasteiger partial charge in [-0.15, -0.1) is 0 Å². The summed E-state index contributed by atoms with van der Waals surface area (Å²) in [6.07, 6.45) is 1.01. The Morgan fingerprint density at radius 3 is 2.59 bits per heavy atom. The van der Waals surface area contributed by atoms with E-state index in [1.807, 2.05) is 0 Å². The normalized spacial score (nSPS) is 11.3. The van der Waals surface area contributed by atoms with Crippen molar-refractivity contribution in [3.8, 4) is 0 Å². The first-order valence-corrected chi connectivity index (χ1v) is 9.34. The predicted octanol–water partition coefficient (Wildman–Crippen LogP) is 3.38. The molecule has 6 nitrogen and oxygen atoms in total. The van der Waals surface area contributed by atoms with Crippen LogP contribution in [0.5, 0.6) is 0 Å². The zero-order valence-electron chi connectivity index (χ0n) is 11.5. The number of nitrogens with zero attached hydrogens (tertiary/aromatic N) is 1. The van der Waals surface area contributed by atoms with Crippen molar-refractivity contribution < 1.29 is 13.2 Å². The molecule has 10 heteroatoms. The van der Waals surface area contributed by atoms with Gasteiger partial charge in [0, 0.05) is 5.02 Å². The number of aromatic nitrogens is 1. The predicted molar refractivity (Wildman–Crippen MR) is 89.7 cm³/mol. The third kappa shape index (κ3) is 4.33. The lowest BCUT2D eigenvalue weighted by molar-refractivity contribution is 0.103. The molecule has 0 aliphatic carbocycles. The van der Waals surface area contributed by atoms with E-state index in [0.717, 1.165) is 17.6 Å². The fourth-order valence-electron chi connectivity index (χ4n) is 1.58. The molecule has 0 saturated carbocycles. The average Bonchev–Trinajstić information content (AvgIpc) is 2.71. The number of carbonyl (C=O) groups is 1. The summed E-state index contributed by atoms with van der Waals surface area (Å²) in [5, 5.41) is 3.52. The minimum atomic E-state index is -3.45. The highest BCUT2D eigenvalue weighted by molar-refractivity contribution is 7.92. The summed E-state index contributed by atoms with van der Waals surface area (Å²) in [5.41, 5.74) is 0.820. The van der Waals surface area contributed by atoms with Gasteiger partial charge in [-0.05, 0) is 25.1 Å². The van der Waals surface area contributed by atoms with E-state index < -0.39 is 15.9 Å². The number of hydrogen-bond donors (Lipinski definition) is 2. The molecule has 0 spiro atoms. The molecule has 0 unspecified atom stereocenters. The molecule has 0 radical (unpaired) electrons. The maximum atomic E-state index is 12.2. The molecule has 0 bridgehead atoms. The number of carbonyl (C=O) groups excluding carboxylic acids is 1. The zero-order chi connectivity index (χ0) is 16.5. The lowest BCUT2D eigenvalue weighted by Gasteiger charge is -2.06. The molecule has 1 heterocycles. The Morgan fingerprint density at radius 1 is 1.32 bits per heavy atom. The van der Waals surface area contributed by atoms with Crippen LogP contribution in [0.1, 0.15) is 15.4 Å². The van der Waals surface area contributed by atoms with E-state index in [9.17, 15) is 13.2 Å². The summed E-state index contributed by atoms with van der Waals surface area (Å²) in [6.45, 7) is 1.61. The Kier molecular flexibility index (Phi) is 4.96. The van der Waals surface area contributed by atoms with Crippen molar-refractivity contribution in [1.82, 2.24) is 4.98 Å². The van der Waals surface area contributed by atoms with Crippen LogP contribution >= 0.6 is 34.5 Å². The number of hydrogen-bond acceptors (Lipinski definition) is 5. The Hall–Kier alpha value is -1.35. The van der Waals surface area contributed by atoms with Crippen molar-refractivity contribution in [1.29, 1.82) is 0 Å². The van der Waals surface area contributed by atoms with Crippen molar-refractivity contribution in [2.75, 3.05) is 16.3 Å². The van der Waals surface area contributed by atoms with Gasteiger partial charge in [-0.3, -0.25) is 9.52 Å². The van der Waals surface area contributed by atoms with Gasteiger partial charge < -0.3 is 5.32 Å². The first kappa shape index (κ1) is 17.0. The number of aryl methyl sites for hydroxylation is 1. The van der Waals surface area contributed by atoms with Gasteiger partial charge in [0.25, 0.3) is 5.91 Å². The fraction of sp³-hybridized carbons (Fsp3) is 0.167. The number of thiazole rings is 1. The van der Waals surface area contributed by atoms with E-state index in [1.165, 1.54) is 6.07 Å². The van der Waals surface area contributed by atoms with Crippen LogP contribution < -0.4 is 10.0 Å². The zero-order valence-corrected chi connectivity index (χ0v) is 14.6. The lowest BCUT2D eigenvalue weighted by Crippen LogP contribution is -2.11. The second kappa shape index (κ2) is 6.41. The Labute approximate surface area is 141 Å². The molecule has 22 heavy (non-hydrogen) atoms. The topological polar surface area (TPSA) is 88.2 Å². The van der Waals surface area contributed by atoms with Crippen LogP contribution in [0.2, 0.25) is 10.0 Å². The number of sulfonamides is 1. The monoisotopic (exact) mass is 379 g/mol. The SMILES string of the molecule is Cc1nc(NS(C)(=O)=O)sc1C(=O)Nc1ccc(Cl)cc1Cl. The van der Waals surface area contributed by atoms with Crippen molar-refractivity contribution >= 4 is 61.3 Å². The molecule has 2 aromatic rings. The summed E-state index contributed by atoms with van der Waals surface area (Å²) in [4.78, 5) is 16.5. The standard InChI is InChI=1S/C12H11Cl2N3O3S2/c1-6-10(21-12(15-6)17-22(2,19)20)11(18)16-9-4-3-7(13)5-8(9)14/h3-5H,1-2H3,(H,15,17)(H,16,18). The van der Waals surface area contributed by atoms with E-state index in [0.29, 0.717) is 21.4 Å². The summed E-state index contributed by atoms with van der Waals surface area (Å²) >= 11 is 12.7. The number of rotatable bonds is 4. The highest BCUT2D eigenvalue weighted by Gasteiger charge is 2.18. The van der Waals surface area contributed by atoms with Gasteiger partial charge in [0.2, 0.25) is 10.0 Å². The molecule has 0 aliphatic rings. The van der Waals surface area contributed by atoms with Gasteiger partial charge >= 0.3 is 0 Å². The first-order valence-electron chi connectivity index (χ1n) is 5.87. The largest absolute Gasteiger partial charge is 0.320 e. The maximum Gasteiger partial charge on any atom is 0.267 e. The molecule has 2 rings (SSSR count). The summed E-state index contributed by atoms with van der Waals surface area (Å²) in [5.74, 6) is -0.430. The highest BCUT2D eigenvalue weighted by atomic mass is 35.5.